The van der Waals surface area contributed by atoms with Crippen LogP contribution in [0.2, 0.25) is 0 Å². The zero-order valence-corrected chi connectivity index (χ0v) is 21.4. The number of anilines is 1. The summed E-state index contributed by atoms with van der Waals surface area (Å²) in [5.74, 6) is 1.15. The smallest absolute Gasteiger partial charge is 0.291 e. The molecule has 7 rings (SSSR count). The summed E-state index contributed by atoms with van der Waals surface area (Å²) in [6.07, 6.45) is 7.78. The van der Waals surface area contributed by atoms with Crippen LogP contribution in [0.5, 0.6) is 5.75 Å². The molecule has 6 heterocycles. The summed E-state index contributed by atoms with van der Waals surface area (Å²) in [5.41, 5.74) is 12.6. The Bertz CT molecular complexity index is 1740. The van der Waals surface area contributed by atoms with Gasteiger partial charge in [0.15, 0.2) is 11.9 Å². The first kappa shape index (κ1) is 23.9. The molecule has 1 amide bonds. The molecule has 0 bridgehead atoms. The predicted molar refractivity (Wildman–Crippen MR) is 145 cm³/mol. The van der Waals surface area contributed by atoms with Gasteiger partial charge in [0.1, 0.15) is 17.9 Å². The van der Waals surface area contributed by atoms with E-state index in [4.69, 9.17) is 20.4 Å². The van der Waals surface area contributed by atoms with Crippen LogP contribution in [0.1, 0.15) is 51.0 Å². The first-order chi connectivity index (χ1) is 19.6. The van der Waals surface area contributed by atoms with Gasteiger partial charge in [0, 0.05) is 48.3 Å². The maximum atomic E-state index is 12.7. The van der Waals surface area contributed by atoms with Crippen LogP contribution in [-0.2, 0) is 6.42 Å². The number of carbonyl (C=O) groups excluding carboxylic acids is 2. The highest BCUT2D eigenvalue weighted by Gasteiger charge is 2.30. The molecule has 12 nitrogen and oxygen atoms in total. The number of nitrogen functional groups attached to an aromatic ring is 1. The zero-order chi connectivity index (χ0) is 27.2. The van der Waals surface area contributed by atoms with Crippen molar-refractivity contribution in [1.82, 2.24) is 39.7 Å². The van der Waals surface area contributed by atoms with E-state index in [0.717, 1.165) is 40.8 Å². The van der Waals surface area contributed by atoms with Gasteiger partial charge in [-0.1, -0.05) is 6.07 Å². The van der Waals surface area contributed by atoms with Crippen LogP contribution in [0.4, 0.5) is 5.82 Å². The molecule has 0 spiro atoms. The second-order valence-electron chi connectivity index (χ2n) is 9.96. The van der Waals surface area contributed by atoms with Crippen LogP contribution in [-0.4, -0.2) is 71.6 Å². The van der Waals surface area contributed by atoms with Gasteiger partial charge < -0.3 is 20.4 Å². The summed E-state index contributed by atoms with van der Waals surface area (Å²) in [4.78, 5) is 38.9. The SMILES string of the molecule is Nc1c(C=O)c(C2CCN(C(=O)c3nnc[nH]3)CC2)nc2c(-c3ccc(-c4ccc5c(c4)CCO5)nc3)cnn12. The van der Waals surface area contributed by atoms with Crippen molar-refractivity contribution in [2.75, 3.05) is 25.4 Å². The molecule has 0 saturated carbocycles. The molecule has 0 atom stereocenters. The lowest BCUT2D eigenvalue weighted by molar-refractivity contribution is 0.0699. The van der Waals surface area contributed by atoms with Crippen molar-refractivity contribution in [3.05, 3.63) is 71.7 Å². The minimum atomic E-state index is -0.197. The number of rotatable bonds is 5. The third-order valence-corrected chi connectivity index (χ3v) is 7.72. The molecular weight excluding hydrogens is 510 g/mol. The minimum absolute atomic E-state index is 0.0432. The molecule has 12 heteroatoms. The van der Waals surface area contributed by atoms with Gasteiger partial charge in [0.25, 0.3) is 5.91 Å². The van der Waals surface area contributed by atoms with Crippen LogP contribution in [0, 0.1) is 0 Å². The summed E-state index contributed by atoms with van der Waals surface area (Å²) in [6, 6.07) is 10.1. The molecule has 2 aliphatic rings. The van der Waals surface area contributed by atoms with E-state index in [2.05, 4.69) is 26.3 Å². The molecule has 5 aromatic rings. The number of pyridine rings is 1. The first-order valence-corrected chi connectivity index (χ1v) is 13.1. The van der Waals surface area contributed by atoms with Crippen molar-refractivity contribution in [3.8, 4) is 28.1 Å². The Morgan fingerprint density at radius 3 is 2.73 bits per heavy atom. The fraction of sp³-hybridized carbons (Fsp3) is 0.250. The van der Waals surface area contributed by atoms with E-state index < -0.39 is 0 Å². The van der Waals surface area contributed by atoms with Gasteiger partial charge in [0.2, 0.25) is 5.82 Å². The normalized spacial score (nSPS) is 15.2. The number of nitrogens with zero attached hydrogens (tertiary/aromatic N) is 7. The monoisotopic (exact) mass is 535 g/mol. The van der Waals surface area contributed by atoms with E-state index in [0.29, 0.717) is 49.4 Å². The number of piperidine rings is 1. The van der Waals surface area contributed by atoms with Gasteiger partial charge in [0.05, 0.1) is 29.8 Å². The van der Waals surface area contributed by atoms with Gasteiger partial charge in [-0.15, -0.1) is 10.2 Å². The van der Waals surface area contributed by atoms with Gasteiger partial charge in [-0.2, -0.15) is 9.61 Å². The molecule has 0 aliphatic carbocycles. The molecule has 200 valence electrons. The Hall–Kier alpha value is -5.13. The molecule has 40 heavy (non-hydrogen) atoms. The summed E-state index contributed by atoms with van der Waals surface area (Å²) in [7, 11) is 0. The molecule has 1 fully saturated rings. The third kappa shape index (κ3) is 3.96. The molecule has 3 N–H and O–H groups in total. The number of carbonyl (C=O) groups is 2. The number of nitrogens with two attached hydrogens (primary N) is 1. The maximum absolute atomic E-state index is 12.7. The summed E-state index contributed by atoms with van der Waals surface area (Å²) < 4.78 is 7.12. The number of likely N-dealkylation sites (tertiary alicyclic amines) is 1. The Kier molecular flexibility index (Phi) is 5.72. The zero-order valence-electron chi connectivity index (χ0n) is 21.4. The third-order valence-electron chi connectivity index (χ3n) is 7.72. The van der Waals surface area contributed by atoms with Crippen LogP contribution < -0.4 is 10.5 Å². The van der Waals surface area contributed by atoms with Gasteiger partial charge in [-0.25, -0.2) is 4.98 Å². The quantitative estimate of drug-likeness (QED) is 0.323. The lowest BCUT2D eigenvalue weighted by Crippen LogP contribution is -2.38. The molecule has 0 radical (unpaired) electrons. The Balaban J connectivity index is 1.18. The Morgan fingerprint density at radius 2 is 1.98 bits per heavy atom. The standard InChI is InChI=1S/C28H25N9O3/c29-25-21(14-38)24(16-5-8-36(9-6-16)28(39)26-31-15-32-35-26)34-27-20(13-33-37(25)27)19-1-3-22(30-12-19)17-2-4-23-18(11-17)7-10-40-23/h1-4,11-16H,5-10,29H2,(H,31,32,35). The lowest BCUT2D eigenvalue weighted by Gasteiger charge is -2.31. The number of ether oxygens (including phenoxy) is 1. The number of hydrogen-bond donors (Lipinski definition) is 2. The number of benzene rings is 1. The highest BCUT2D eigenvalue weighted by molar-refractivity contribution is 5.90. The Morgan fingerprint density at radius 1 is 1.12 bits per heavy atom. The second-order valence-corrected chi connectivity index (χ2v) is 9.96. The average Bonchev–Trinajstić information content (AvgIpc) is 3.78. The van der Waals surface area contributed by atoms with E-state index in [1.807, 2.05) is 24.3 Å². The van der Waals surface area contributed by atoms with E-state index in [9.17, 15) is 9.59 Å². The number of aromatic amines is 1. The second kappa shape index (κ2) is 9.56. The van der Waals surface area contributed by atoms with Crippen molar-refractivity contribution < 1.29 is 14.3 Å². The fourth-order valence-electron chi connectivity index (χ4n) is 5.57. The molecule has 1 aromatic carbocycles. The van der Waals surface area contributed by atoms with E-state index in [-0.39, 0.29) is 23.5 Å². The molecule has 4 aromatic heterocycles. The molecule has 2 aliphatic heterocycles. The number of fused-ring (bicyclic) bond motifs is 2. The highest BCUT2D eigenvalue weighted by atomic mass is 16.5. The summed E-state index contributed by atoms with van der Waals surface area (Å²) >= 11 is 0. The van der Waals surface area contributed by atoms with E-state index in [1.165, 1.54) is 16.4 Å². The Labute approximate surface area is 228 Å². The molecule has 1 saturated heterocycles. The number of hydrogen-bond acceptors (Lipinski definition) is 9. The van der Waals surface area contributed by atoms with Gasteiger partial charge in [-0.05, 0) is 42.7 Å². The van der Waals surface area contributed by atoms with Crippen molar-refractivity contribution in [2.24, 2.45) is 0 Å². The number of nitrogens with one attached hydrogen (secondary N) is 1. The predicted octanol–water partition coefficient (Wildman–Crippen LogP) is 2.93. The van der Waals surface area contributed by atoms with Crippen LogP contribution in [0.25, 0.3) is 28.0 Å². The van der Waals surface area contributed by atoms with Gasteiger partial charge in [-0.3, -0.25) is 14.6 Å². The first-order valence-electron chi connectivity index (χ1n) is 13.1. The molecular formula is C28H25N9O3. The van der Waals surface area contributed by atoms with Crippen molar-refractivity contribution in [1.29, 1.82) is 0 Å². The van der Waals surface area contributed by atoms with Crippen LogP contribution >= 0.6 is 0 Å². The van der Waals surface area contributed by atoms with Gasteiger partial charge >= 0.3 is 0 Å². The van der Waals surface area contributed by atoms with E-state index in [1.54, 1.807) is 17.3 Å². The fourth-order valence-corrected chi connectivity index (χ4v) is 5.57. The van der Waals surface area contributed by atoms with Crippen molar-refractivity contribution in [3.63, 3.8) is 0 Å². The summed E-state index contributed by atoms with van der Waals surface area (Å²) in [5, 5.41) is 11.9. The van der Waals surface area contributed by atoms with Crippen LogP contribution in [0.3, 0.4) is 0 Å². The number of amides is 1. The topological polar surface area (TPSA) is 157 Å². The van der Waals surface area contributed by atoms with Crippen LogP contribution in [0.15, 0.2) is 49.1 Å². The molecule has 0 unspecified atom stereocenters. The lowest BCUT2D eigenvalue weighted by atomic mass is 9.90. The highest BCUT2D eigenvalue weighted by Crippen LogP contribution is 2.35. The van der Waals surface area contributed by atoms with E-state index >= 15 is 0 Å². The number of aldehydes is 1. The summed E-state index contributed by atoms with van der Waals surface area (Å²) in [6.45, 7) is 1.72. The van der Waals surface area contributed by atoms with Crippen molar-refractivity contribution in [2.45, 2.75) is 25.2 Å². The largest absolute Gasteiger partial charge is 0.493 e. The number of H-pyrrole nitrogens is 1. The average molecular weight is 536 g/mol. The minimum Gasteiger partial charge on any atom is -0.493 e. The van der Waals surface area contributed by atoms with Crippen molar-refractivity contribution >= 4 is 23.7 Å². The number of aromatic nitrogens is 7. The maximum Gasteiger partial charge on any atom is 0.291 e.